The Kier molecular flexibility index (Phi) is 5.86. The van der Waals surface area contributed by atoms with Gasteiger partial charge in [0.1, 0.15) is 6.33 Å². The highest BCUT2D eigenvalue weighted by atomic mass is 16.5. The van der Waals surface area contributed by atoms with E-state index in [-0.39, 0.29) is 22.9 Å². The maximum Gasteiger partial charge on any atom is 0.343 e. The van der Waals surface area contributed by atoms with Crippen LogP contribution in [-0.4, -0.2) is 27.9 Å². The van der Waals surface area contributed by atoms with Crippen LogP contribution in [0.15, 0.2) is 59.7 Å². The fourth-order valence-corrected chi connectivity index (χ4v) is 4.68. The van der Waals surface area contributed by atoms with Crippen LogP contribution in [0.2, 0.25) is 0 Å². The van der Waals surface area contributed by atoms with Gasteiger partial charge in [-0.1, -0.05) is 59.7 Å². The van der Waals surface area contributed by atoms with E-state index in [0.29, 0.717) is 13.2 Å². The predicted molar refractivity (Wildman–Crippen MR) is 122 cm³/mol. The van der Waals surface area contributed by atoms with Crippen molar-refractivity contribution >= 4 is 0 Å². The highest BCUT2D eigenvalue weighted by Crippen LogP contribution is 2.38. The summed E-state index contributed by atoms with van der Waals surface area (Å²) in [6.07, 6.45) is 3.28. The molecule has 1 fully saturated rings. The average molecular weight is 421 g/mol. The molecule has 164 valence electrons. The second kappa shape index (κ2) is 8.44. The number of H-pyrrole nitrogens is 1. The van der Waals surface area contributed by atoms with Gasteiger partial charge in [-0.15, -0.1) is 0 Å². The van der Waals surface area contributed by atoms with Crippen LogP contribution in [0.1, 0.15) is 55.0 Å². The summed E-state index contributed by atoms with van der Waals surface area (Å²) in [6, 6.07) is 17.1. The third-order valence-corrected chi connectivity index (χ3v) is 6.65. The second-order valence-corrected chi connectivity index (χ2v) is 9.20. The van der Waals surface area contributed by atoms with Crippen LogP contribution in [-0.2, 0) is 15.8 Å². The zero-order valence-corrected chi connectivity index (χ0v) is 18.8. The van der Waals surface area contributed by atoms with Gasteiger partial charge in [-0.05, 0) is 51.7 Å². The molecule has 6 heteroatoms. The Hall–Kier alpha value is -2.70. The van der Waals surface area contributed by atoms with Crippen molar-refractivity contribution in [1.29, 1.82) is 0 Å². The first-order chi connectivity index (χ1) is 14.8. The number of hydrogen-bond acceptors (Lipinski definition) is 4. The SMILES string of the molecule is Cc1cc(C)cc([C@@H](C)OC[C@@]2(c3ccccc3)CC[C@@](C)(n3cn[nH]c3=O)CN2)c1. The first-order valence-electron chi connectivity index (χ1n) is 10.9. The first kappa shape index (κ1) is 21.5. The second-order valence-electron chi connectivity index (χ2n) is 9.20. The molecule has 0 unspecified atom stereocenters. The van der Waals surface area contributed by atoms with Crippen LogP contribution in [0, 0.1) is 13.8 Å². The zero-order valence-electron chi connectivity index (χ0n) is 18.8. The summed E-state index contributed by atoms with van der Waals surface area (Å²) in [6.45, 7) is 9.67. The fourth-order valence-electron chi connectivity index (χ4n) is 4.68. The quantitative estimate of drug-likeness (QED) is 0.633. The number of benzene rings is 2. The monoisotopic (exact) mass is 420 g/mol. The molecule has 0 bridgehead atoms. The Bertz CT molecular complexity index is 1060. The molecule has 6 nitrogen and oxygen atoms in total. The number of nitrogens with zero attached hydrogens (tertiary/aromatic N) is 2. The van der Waals surface area contributed by atoms with E-state index >= 15 is 0 Å². The van der Waals surface area contributed by atoms with Gasteiger partial charge in [0.2, 0.25) is 0 Å². The molecule has 1 aliphatic rings. The van der Waals surface area contributed by atoms with Crippen LogP contribution in [0.3, 0.4) is 0 Å². The van der Waals surface area contributed by atoms with Gasteiger partial charge in [-0.25, -0.2) is 9.89 Å². The lowest BCUT2D eigenvalue weighted by molar-refractivity contribution is -0.00786. The minimum Gasteiger partial charge on any atom is -0.372 e. The van der Waals surface area contributed by atoms with E-state index in [2.05, 4.69) is 85.7 Å². The van der Waals surface area contributed by atoms with Crippen molar-refractivity contribution in [2.45, 2.75) is 57.7 Å². The number of aromatic nitrogens is 3. The van der Waals surface area contributed by atoms with E-state index in [1.165, 1.54) is 22.3 Å². The maximum atomic E-state index is 12.2. The number of nitrogens with one attached hydrogen (secondary N) is 2. The summed E-state index contributed by atoms with van der Waals surface area (Å²) in [4.78, 5) is 12.2. The Morgan fingerprint density at radius 2 is 1.84 bits per heavy atom. The van der Waals surface area contributed by atoms with E-state index in [9.17, 15) is 4.79 Å². The van der Waals surface area contributed by atoms with Crippen LogP contribution < -0.4 is 11.0 Å². The summed E-state index contributed by atoms with van der Waals surface area (Å²) in [5.74, 6) is 0. The number of ether oxygens (including phenoxy) is 1. The van der Waals surface area contributed by atoms with Crippen molar-refractivity contribution in [3.63, 3.8) is 0 Å². The van der Waals surface area contributed by atoms with Gasteiger partial charge in [0.15, 0.2) is 0 Å². The zero-order chi connectivity index (χ0) is 22.1. The maximum absolute atomic E-state index is 12.2. The molecule has 31 heavy (non-hydrogen) atoms. The number of hydrogen-bond donors (Lipinski definition) is 2. The van der Waals surface area contributed by atoms with Crippen molar-refractivity contribution in [1.82, 2.24) is 20.1 Å². The van der Waals surface area contributed by atoms with Gasteiger partial charge in [-0.2, -0.15) is 5.10 Å². The molecule has 2 N–H and O–H groups in total. The standard InChI is InChI=1S/C25H32N4O2/c1-18-12-19(2)14-21(13-18)20(3)31-16-25(22-8-6-5-7-9-22)11-10-24(4,15-26-25)29-17-27-28-23(29)30/h5-9,12-14,17,20,26H,10-11,15-16H2,1-4H3,(H,28,30)/t20-,24-,25-/m1/s1. The van der Waals surface area contributed by atoms with Crippen molar-refractivity contribution in [3.05, 3.63) is 87.6 Å². The number of piperidine rings is 1. The van der Waals surface area contributed by atoms with Crippen LogP contribution in [0.4, 0.5) is 0 Å². The summed E-state index contributed by atoms with van der Waals surface area (Å²) >= 11 is 0. The molecule has 1 saturated heterocycles. The van der Waals surface area contributed by atoms with Gasteiger partial charge in [0.05, 0.1) is 23.8 Å². The van der Waals surface area contributed by atoms with Crippen molar-refractivity contribution < 1.29 is 4.74 Å². The van der Waals surface area contributed by atoms with Crippen LogP contribution >= 0.6 is 0 Å². The molecular formula is C25H32N4O2. The van der Waals surface area contributed by atoms with Crippen molar-refractivity contribution in [2.75, 3.05) is 13.2 Å². The molecule has 0 amide bonds. The number of aromatic amines is 1. The molecule has 2 aromatic carbocycles. The molecule has 0 saturated carbocycles. The van der Waals surface area contributed by atoms with E-state index in [0.717, 1.165) is 12.8 Å². The van der Waals surface area contributed by atoms with Gasteiger partial charge < -0.3 is 10.1 Å². The molecule has 4 rings (SSSR count). The number of rotatable bonds is 6. The molecule has 1 aromatic heterocycles. The normalized spacial score (nSPS) is 24.8. The Labute approximate surface area is 183 Å². The van der Waals surface area contributed by atoms with Gasteiger partial charge in [0, 0.05) is 6.54 Å². The first-order valence-corrected chi connectivity index (χ1v) is 10.9. The average Bonchev–Trinajstić information content (AvgIpc) is 3.20. The lowest BCUT2D eigenvalue weighted by Crippen LogP contribution is -2.59. The summed E-state index contributed by atoms with van der Waals surface area (Å²) in [5.41, 5.74) is 4.11. The molecule has 3 aromatic rings. The molecule has 0 aliphatic carbocycles. The van der Waals surface area contributed by atoms with Gasteiger partial charge >= 0.3 is 5.69 Å². The minimum absolute atomic E-state index is 0.00853. The Morgan fingerprint density at radius 1 is 1.13 bits per heavy atom. The molecule has 3 atom stereocenters. The third-order valence-electron chi connectivity index (χ3n) is 6.65. The third kappa shape index (κ3) is 4.36. The van der Waals surface area contributed by atoms with Crippen molar-refractivity contribution in [2.24, 2.45) is 0 Å². The Morgan fingerprint density at radius 3 is 2.42 bits per heavy atom. The summed E-state index contributed by atoms with van der Waals surface area (Å²) < 4.78 is 8.17. The van der Waals surface area contributed by atoms with E-state index < -0.39 is 0 Å². The van der Waals surface area contributed by atoms with Crippen LogP contribution in [0.5, 0.6) is 0 Å². The number of aryl methyl sites for hydroxylation is 2. The summed E-state index contributed by atoms with van der Waals surface area (Å²) in [5, 5.41) is 10.2. The van der Waals surface area contributed by atoms with Crippen LogP contribution in [0.25, 0.3) is 0 Å². The largest absolute Gasteiger partial charge is 0.372 e. The van der Waals surface area contributed by atoms with E-state index in [4.69, 9.17) is 4.74 Å². The molecule has 1 aliphatic heterocycles. The summed E-state index contributed by atoms with van der Waals surface area (Å²) in [7, 11) is 0. The lowest BCUT2D eigenvalue weighted by Gasteiger charge is -2.46. The lowest BCUT2D eigenvalue weighted by atomic mass is 9.77. The minimum atomic E-state index is -0.332. The highest BCUT2D eigenvalue weighted by molar-refractivity contribution is 5.30. The topological polar surface area (TPSA) is 71.9 Å². The molecule has 0 spiro atoms. The van der Waals surface area contributed by atoms with E-state index in [1.54, 1.807) is 10.9 Å². The van der Waals surface area contributed by atoms with Crippen molar-refractivity contribution in [3.8, 4) is 0 Å². The van der Waals surface area contributed by atoms with Gasteiger partial charge in [-0.3, -0.25) is 4.57 Å². The Balaban J connectivity index is 1.56. The predicted octanol–water partition coefficient (Wildman–Crippen LogP) is 3.96. The highest BCUT2D eigenvalue weighted by Gasteiger charge is 2.43. The molecule has 0 radical (unpaired) electrons. The van der Waals surface area contributed by atoms with E-state index in [1.807, 2.05) is 6.07 Å². The fraction of sp³-hybridized carbons (Fsp3) is 0.440. The van der Waals surface area contributed by atoms with Gasteiger partial charge in [0.25, 0.3) is 0 Å². The smallest absolute Gasteiger partial charge is 0.343 e. The molecule has 2 heterocycles. The molecular weight excluding hydrogens is 388 g/mol.